The van der Waals surface area contributed by atoms with E-state index in [-0.39, 0.29) is 23.2 Å². The summed E-state index contributed by atoms with van der Waals surface area (Å²) >= 11 is 0. The lowest BCUT2D eigenvalue weighted by atomic mass is 10.1. The van der Waals surface area contributed by atoms with Crippen LogP contribution >= 0.6 is 0 Å². The minimum atomic E-state index is -4.54. The summed E-state index contributed by atoms with van der Waals surface area (Å²) in [4.78, 5) is 16.7. The van der Waals surface area contributed by atoms with Crippen molar-refractivity contribution in [1.82, 2.24) is 30.1 Å². The molecule has 0 saturated carbocycles. The van der Waals surface area contributed by atoms with Crippen LogP contribution in [-0.2, 0) is 6.18 Å². The zero-order chi connectivity index (χ0) is 20.4. The van der Waals surface area contributed by atoms with Gasteiger partial charge in [-0.3, -0.25) is 10.1 Å². The minimum absolute atomic E-state index is 0.0676. The van der Waals surface area contributed by atoms with Gasteiger partial charge in [0.2, 0.25) is 5.95 Å². The molecule has 0 spiro atoms. The van der Waals surface area contributed by atoms with Crippen molar-refractivity contribution in [3.63, 3.8) is 0 Å². The number of pyridine rings is 1. The van der Waals surface area contributed by atoms with Gasteiger partial charge in [0.25, 0.3) is 0 Å². The molecular weight excluding hydrogens is 383 g/mol. The van der Waals surface area contributed by atoms with Crippen LogP contribution in [0.2, 0.25) is 0 Å². The van der Waals surface area contributed by atoms with E-state index in [0.717, 1.165) is 6.07 Å². The third-order valence-corrected chi connectivity index (χ3v) is 4.01. The molecule has 10 heteroatoms. The van der Waals surface area contributed by atoms with Crippen molar-refractivity contribution in [2.75, 3.05) is 5.32 Å². The standard InChI is InChI=1S/C19H14F3N7/c1-11-24-18(29-28-11)27-16-10-15(12-6-8-23-9-7-12)25-17(26-16)13-4-2-3-5-14(13)19(20,21)22/h2-10H,1H3,(H2,24,25,26,27,28,29). The normalized spacial score (nSPS) is 11.4. The number of halogens is 3. The highest BCUT2D eigenvalue weighted by molar-refractivity contribution is 5.70. The van der Waals surface area contributed by atoms with E-state index < -0.39 is 11.7 Å². The average Bonchev–Trinajstić information content (AvgIpc) is 3.12. The van der Waals surface area contributed by atoms with Crippen molar-refractivity contribution in [3.8, 4) is 22.6 Å². The predicted molar refractivity (Wildman–Crippen MR) is 100 cm³/mol. The van der Waals surface area contributed by atoms with E-state index in [4.69, 9.17) is 0 Å². The maximum Gasteiger partial charge on any atom is 0.417 e. The third-order valence-electron chi connectivity index (χ3n) is 4.01. The zero-order valence-electron chi connectivity index (χ0n) is 15.1. The molecule has 4 aromatic rings. The summed E-state index contributed by atoms with van der Waals surface area (Å²) in [5.41, 5.74) is 0.184. The first-order valence-corrected chi connectivity index (χ1v) is 8.52. The molecule has 0 aliphatic heterocycles. The van der Waals surface area contributed by atoms with Gasteiger partial charge in [0.05, 0.1) is 11.3 Å². The van der Waals surface area contributed by atoms with Crippen molar-refractivity contribution in [2.45, 2.75) is 13.1 Å². The highest BCUT2D eigenvalue weighted by Crippen LogP contribution is 2.36. The highest BCUT2D eigenvalue weighted by atomic mass is 19.4. The van der Waals surface area contributed by atoms with Crippen LogP contribution in [0.1, 0.15) is 11.4 Å². The fraction of sp³-hybridized carbons (Fsp3) is 0.105. The van der Waals surface area contributed by atoms with E-state index in [2.05, 4.69) is 35.5 Å². The number of aromatic amines is 1. The molecule has 146 valence electrons. The van der Waals surface area contributed by atoms with Crippen molar-refractivity contribution < 1.29 is 13.2 Å². The number of rotatable bonds is 4. The molecule has 1 aromatic carbocycles. The molecule has 0 bridgehead atoms. The largest absolute Gasteiger partial charge is 0.417 e. The van der Waals surface area contributed by atoms with Gasteiger partial charge in [-0.1, -0.05) is 18.2 Å². The lowest BCUT2D eigenvalue weighted by molar-refractivity contribution is -0.137. The Balaban J connectivity index is 1.87. The van der Waals surface area contributed by atoms with Crippen molar-refractivity contribution in [3.05, 3.63) is 66.2 Å². The topological polar surface area (TPSA) is 92.3 Å². The van der Waals surface area contributed by atoms with Crippen molar-refractivity contribution in [1.29, 1.82) is 0 Å². The van der Waals surface area contributed by atoms with Gasteiger partial charge in [-0.2, -0.15) is 18.2 Å². The van der Waals surface area contributed by atoms with E-state index in [0.29, 0.717) is 17.1 Å². The number of aryl methyl sites for hydroxylation is 1. The summed E-state index contributed by atoms with van der Waals surface area (Å²) < 4.78 is 40.5. The molecule has 7 nitrogen and oxygen atoms in total. The lowest BCUT2D eigenvalue weighted by Gasteiger charge is -2.13. The SMILES string of the molecule is Cc1nc(Nc2cc(-c3ccncc3)nc(-c3ccccc3C(F)(F)F)n2)n[nH]1. The van der Waals surface area contributed by atoms with Gasteiger partial charge in [-0.25, -0.2) is 9.97 Å². The fourth-order valence-corrected chi connectivity index (χ4v) is 2.74. The Bertz CT molecular complexity index is 1140. The van der Waals surface area contributed by atoms with Gasteiger partial charge < -0.3 is 5.32 Å². The number of alkyl halides is 3. The summed E-state index contributed by atoms with van der Waals surface area (Å²) in [5, 5.41) is 9.56. The second-order valence-electron chi connectivity index (χ2n) is 6.11. The second-order valence-corrected chi connectivity index (χ2v) is 6.11. The van der Waals surface area contributed by atoms with Gasteiger partial charge in [-0.15, -0.1) is 5.10 Å². The minimum Gasteiger partial charge on any atom is -0.307 e. The molecule has 3 heterocycles. The Morgan fingerprint density at radius 3 is 2.41 bits per heavy atom. The average molecular weight is 397 g/mol. The molecule has 2 N–H and O–H groups in total. The van der Waals surface area contributed by atoms with Gasteiger partial charge in [0.1, 0.15) is 11.6 Å². The predicted octanol–water partition coefficient (Wildman–Crippen LogP) is 4.39. The summed E-state index contributed by atoms with van der Waals surface area (Å²) in [7, 11) is 0. The summed E-state index contributed by atoms with van der Waals surface area (Å²) in [6.45, 7) is 1.73. The van der Waals surface area contributed by atoms with Crippen LogP contribution in [0, 0.1) is 6.92 Å². The molecule has 29 heavy (non-hydrogen) atoms. The maximum atomic E-state index is 13.5. The molecule has 0 aliphatic carbocycles. The van der Waals surface area contributed by atoms with Gasteiger partial charge in [-0.05, 0) is 25.1 Å². The first-order chi connectivity index (χ1) is 13.9. The first kappa shape index (κ1) is 18.5. The Morgan fingerprint density at radius 2 is 1.72 bits per heavy atom. The fourth-order valence-electron chi connectivity index (χ4n) is 2.74. The summed E-state index contributed by atoms with van der Waals surface area (Å²) in [6, 6.07) is 10.2. The third kappa shape index (κ3) is 4.05. The maximum absolute atomic E-state index is 13.5. The van der Waals surface area contributed by atoms with Crippen LogP contribution in [-0.4, -0.2) is 30.1 Å². The van der Waals surface area contributed by atoms with E-state index in [1.54, 1.807) is 37.5 Å². The Kier molecular flexibility index (Phi) is 4.67. The molecule has 0 fully saturated rings. The van der Waals surface area contributed by atoms with Crippen molar-refractivity contribution in [2.24, 2.45) is 0 Å². The highest BCUT2D eigenvalue weighted by Gasteiger charge is 2.34. The second kappa shape index (κ2) is 7.30. The Morgan fingerprint density at radius 1 is 0.966 bits per heavy atom. The number of benzene rings is 1. The summed E-state index contributed by atoms with van der Waals surface area (Å²) in [6.07, 6.45) is -1.39. The molecule has 4 rings (SSSR count). The number of H-pyrrole nitrogens is 1. The molecule has 0 unspecified atom stereocenters. The smallest absolute Gasteiger partial charge is 0.307 e. The number of aromatic nitrogens is 6. The van der Waals surface area contributed by atoms with Crippen LogP contribution in [0.15, 0.2) is 54.9 Å². The molecule has 0 radical (unpaired) electrons. The number of anilines is 2. The van der Waals surface area contributed by atoms with Gasteiger partial charge in [0.15, 0.2) is 5.82 Å². The van der Waals surface area contributed by atoms with Gasteiger partial charge >= 0.3 is 6.18 Å². The first-order valence-electron chi connectivity index (χ1n) is 8.52. The van der Waals surface area contributed by atoms with Crippen LogP contribution in [0.4, 0.5) is 24.9 Å². The molecule has 0 aliphatic rings. The van der Waals surface area contributed by atoms with E-state index in [1.165, 1.54) is 18.2 Å². The number of hydrogen-bond acceptors (Lipinski definition) is 6. The van der Waals surface area contributed by atoms with Crippen molar-refractivity contribution >= 4 is 11.8 Å². The Labute approximate surface area is 163 Å². The van der Waals surface area contributed by atoms with Crippen LogP contribution in [0.3, 0.4) is 0 Å². The molecule has 0 atom stereocenters. The quantitative estimate of drug-likeness (QED) is 0.530. The zero-order valence-corrected chi connectivity index (χ0v) is 15.1. The molecule has 0 saturated heterocycles. The number of hydrogen-bond donors (Lipinski definition) is 2. The molecule has 3 aromatic heterocycles. The molecular formula is C19H14F3N7. The number of nitrogens with one attached hydrogen (secondary N) is 2. The van der Waals surface area contributed by atoms with Gasteiger partial charge in [0, 0.05) is 29.6 Å². The number of nitrogens with zero attached hydrogens (tertiary/aromatic N) is 5. The molecule has 0 amide bonds. The summed E-state index contributed by atoms with van der Waals surface area (Å²) in [5.74, 6) is 1.02. The van der Waals surface area contributed by atoms with Crippen LogP contribution in [0.25, 0.3) is 22.6 Å². The van der Waals surface area contributed by atoms with E-state index in [9.17, 15) is 13.2 Å². The Hall–Kier alpha value is -3.82. The van der Waals surface area contributed by atoms with E-state index >= 15 is 0 Å². The monoisotopic (exact) mass is 397 g/mol. The van der Waals surface area contributed by atoms with Crippen LogP contribution in [0.5, 0.6) is 0 Å². The lowest BCUT2D eigenvalue weighted by Crippen LogP contribution is -2.09. The van der Waals surface area contributed by atoms with Crippen LogP contribution < -0.4 is 5.32 Å². The van der Waals surface area contributed by atoms with E-state index in [1.807, 2.05) is 0 Å².